The van der Waals surface area contributed by atoms with Crippen LogP contribution in [0, 0.1) is 0 Å². The largest absolute Gasteiger partial charge is 0.467 e. The van der Waals surface area contributed by atoms with E-state index in [0.717, 1.165) is 7.11 Å². The second kappa shape index (κ2) is 8.15. The van der Waals surface area contributed by atoms with Crippen LogP contribution in [0.15, 0.2) is 18.2 Å². The summed E-state index contributed by atoms with van der Waals surface area (Å²) in [6.45, 7) is 1.02. The molecule has 1 aromatic rings. The first-order valence-electron chi connectivity index (χ1n) is 7.60. The molecule has 1 fully saturated rings. The number of nitrogens with two attached hydrogens (primary N) is 1. The van der Waals surface area contributed by atoms with Crippen molar-refractivity contribution < 1.29 is 38.7 Å². The van der Waals surface area contributed by atoms with Gasteiger partial charge in [0, 0.05) is 13.3 Å². The molecular formula is C16H21NO8. The molecule has 1 heterocycles. The maximum absolute atomic E-state index is 11.8. The lowest BCUT2D eigenvalue weighted by molar-refractivity contribution is -0.235. The fourth-order valence-corrected chi connectivity index (χ4v) is 2.49. The molecule has 1 aliphatic rings. The molecule has 0 aliphatic carbocycles. The molecule has 25 heavy (non-hydrogen) atoms. The van der Waals surface area contributed by atoms with E-state index in [1.165, 1.54) is 13.0 Å². The average Bonchev–Trinajstić information content (AvgIpc) is 2.58. The van der Waals surface area contributed by atoms with E-state index < -0.39 is 36.5 Å². The maximum Gasteiger partial charge on any atom is 0.338 e. The smallest absolute Gasteiger partial charge is 0.338 e. The molecule has 0 saturated carbocycles. The van der Waals surface area contributed by atoms with Crippen LogP contribution in [-0.2, 0) is 30.4 Å². The molecule has 0 spiro atoms. The highest BCUT2D eigenvalue weighted by molar-refractivity contribution is 5.75. The van der Waals surface area contributed by atoms with Gasteiger partial charge in [0.1, 0.15) is 18.0 Å². The number of benzene rings is 1. The summed E-state index contributed by atoms with van der Waals surface area (Å²) in [5, 5.41) is 19.3. The van der Waals surface area contributed by atoms with Crippen LogP contribution in [0.25, 0.3) is 0 Å². The van der Waals surface area contributed by atoms with E-state index in [1.807, 2.05) is 0 Å². The van der Waals surface area contributed by atoms with Gasteiger partial charge in [0.25, 0.3) is 0 Å². The number of rotatable bonds is 5. The number of ether oxygens (including phenoxy) is 4. The van der Waals surface area contributed by atoms with E-state index in [4.69, 9.17) is 25.1 Å². The number of methoxy groups -OCH3 is 1. The van der Waals surface area contributed by atoms with E-state index in [0.29, 0.717) is 5.56 Å². The average molecular weight is 355 g/mol. The fourth-order valence-electron chi connectivity index (χ4n) is 2.49. The first kappa shape index (κ1) is 19.0. The number of nitrogen functional groups attached to an aromatic ring is 1. The van der Waals surface area contributed by atoms with Gasteiger partial charge in [0.15, 0.2) is 6.10 Å². The Hall–Kier alpha value is -2.36. The second-order valence-electron chi connectivity index (χ2n) is 5.53. The van der Waals surface area contributed by atoms with Crippen LogP contribution in [-0.4, -0.2) is 53.9 Å². The van der Waals surface area contributed by atoms with Crippen molar-refractivity contribution in [1.29, 1.82) is 0 Å². The Morgan fingerprint density at radius 2 is 2.12 bits per heavy atom. The number of carbonyl (C=O) groups is 2. The molecule has 0 amide bonds. The quantitative estimate of drug-likeness (QED) is 0.481. The number of esters is 2. The molecule has 138 valence electrons. The van der Waals surface area contributed by atoms with Crippen molar-refractivity contribution in [3.05, 3.63) is 23.8 Å². The van der Waals surface area contributed by atoms with Gasteiger partial charge in [-0.2, -0.15) is 0 Å². The van der Waals surface area contributed by atoms with Gasteiger partial charge in [0.2, 0.25) is 6.29 Å². The SMILES string of the molecule is COC(=O)[C@H]1O[C@@H](Oc2ccc(CO)cc2N)C[C@@H](OC(C)=O)[C@@H]1O. The van der Waals surface area contributed by atoms with Gasteiger partial charge in [0.05, 0.1) is 19.4 Å². The third kappa shape index (κ3) is 4.59. The number of carbonyl (C=O) groups excluding carboxylic acids is 2. The highest BCUT2D eigenvalue weighted by Gasteiger charge is 2.45. The summed E-state index contributed by atoms with van der Waals surface area (Å²) in [7, 11) is 1.15. The predicted octanol–water partition coefficient (Wildman–Crippen LogP) is -0.280. The van der Waals surface area contributed by atoms with Gasteiger partial charge in [-0.3, -0.25) is 4.79 Å². The van der Waals surface area contributed by atoms with Crippen LogP contribution in [0.1, 0.15) is 18.9 Å². The van der Waals surface area contributed by atoms with E-state index >= 15 is 0 Å². The molecule has 1 aromatic carbocycles. The molecule has 0 bridgehead atoms. The molecule has 0 radical (unpaired) electrons. The lowest BCUT2D eigenvalue weighted by atomic mass is 10.0. The monoisotopic (exact) mass is 355 g/mol. The number of hydrogen-bond donors (Lipinski definition) is 3. The normalized spacial score (nSPS) is 25.9. The van der Waals surface area contributed by atoms with Crippen LogP contribution < -0.4 is 10.5 Å². The van der Waals surface area contributed by atoms with Crippen molar-refractivity contribution in [3.63, 3.8) is 0 Å². The minimum absolute atomic E-state index is 0.00453. The molecular weight excluding hydrogens is 334 g/mol. The number of aliphatic hydroxyl groups excluding tert-OH is 2. The minimum Gasteiger partial charge on any atom is -0.467 e. The lowest BCUT2D eigenvalue weighted by Crippen LogP contribution is -2.54. The Morgan fingerprint density at radius 3 is 2.68 bits per heavy atom. The van der Waals surface area contributed by atoms with Gasteiger partial charge in [-0.15, -0.1) is 0 Å². The number of anilines is 1. The fraction of sp³-hybridized carbons (Fsp3) is 0.500. The topological polar surface area (TPSA) is 138 Å². The molecule has 4 atom stereocenters. The summed E-state index contributed by atoms with van der Waals surface area (Å²) in [5.74, 6) is -1.16. The molecule has 2 rings (SSSR count). The summed E-state index contributed by atoms with van der Waals surface area (Å²) in [6.07, 6.45) is -4.76. The summed E-state index contributed by atoms with van der Waals surface area (Å²) >= 11 is 0. The van der Waals surface area contributed by atoms with Crippen molar-refractivity contribution in [2.45, 2.75) is 44.6 Å². The van der Waals surface area contributed by atoms with Crippen molar-refractivity contribution in [3.8, 4) is 5.75 Å². The van der Waals surface area contributed by atoms with Gasteiger partial charge < -0.3 is 34.9 Å². The summed E-state index contributed by atoms with van der Waals surface area (Å²) in [5.41, 5.74) is 6.73. The zero-order valence-corrected chi connectivity index (χ0v) is 13.9. The maximum atomic E-state index is 11.8. The highest BCUT2D eigenvalue weighted by Crippen LogP contribution is 2.29. The summed E-state index contributed by atoms with van der Waals surface area (Å²) < 4.78 is 20.7. The summed E-state index contributed by atoms with van der Waals surface area (Å²) in [6, 6.07) is 4.70. The molecule has 0 unspecified atom stereocenters. The number of aliphatic hydroxyl groups is 2. The van der Waals surface area contributed by atoms with E-state index in [2.05, 4.69) is 4.74 Å². The van der Waals surface area contributed by atoms with Crippen LogP contribution >= 0.6 is 0 Å². The van der Waals surface area contributed by atoms with Crippen molar-refractivity contribution in [2.75, 3.05) is 12.8 Å². The van der Waals surface area contributed by atoms with Crippen molar-refractivity contribution in [1.82, 2.24) is 0 Å². The Labute approximate surface area is 144 Å². The third-order valence-electron chi connectivity index (χ3n) is 3.68. The summed E-state index contributed by atoms with van der Waals surface area (Å²) in [4.78, 5) is 23.0. The first-order chi connectivity index (χ1) is 11.8. The zero-order valence-electron chi connectivity index (χ0n) is 13.9. The molecule has 0 aromatic heterocycles. The van der Waals surface area contributed by atoms with E-state index in [-0.39, 0.29) is 24.5 Å². The Kier molecular flexibility index (Phi) is 6.18. The first-order valence-corrected chi connectivity index (χ1v) is 7.60. The predicted molar refractivity (Wildman–Crippen MR) is 84.3 cm³/mol. The third-order valence-corrected chi connectivity index (χ3v) is 3.68. The van der Waals surface area contributed by atoms with Gasteiger partial charge in [-0.05, 0) is 17.7 Å². The molecule has 9 nitrogen and oxygen atoms in total. The van der Waals surface area contributed by atoms with Gasteiger partial charge in [-0.1, -0.05) is 6.07 Å². The Morgan fingerprint density at radius 1 is 1.40 bits per heavy atom. The molecule has 9 heteroatoms. The van der Waals surface area contributed by atoms with E-state index in [1.54, 1.807) is 12.1 Å². The zero-order chi connectivity index (χ0) is 18.6. The number of hydrogen-bond acceptors (Lipinski definition) is 9. The van der Waals surface area contributed by atoms with Gasteiger partial charge >= 0.3 is 11.9 Å². The molecule has 1 saturated heterocycles. The molecule has 4 N–H and O–H groups in total. The van der Waals surface area contributed by atoms with Gasteiger partial charge in [-0.25, -0.2) is 4.79 Å². The van der Waals surface area contributed by atoms with Crippen molar-refractivity contribution >= 4 is 17.6 Å². The van der Waals surface area contributed by atoms with Crippen molar-refractivity contribution in [2.24, 2.45) is 0 Å². The Bertz CT molecular complexity index is 635. The lowest BCUT2D eigenvalue weighted by Gasteiger charge is -2.37. The Balaban J connectivity index is 2.18. The van der Waals surface area contributed by atoms with Crippen LogP contribution in [0.4, 0.5) is 5.69 Å². The second-order valence-corrected chi connectivity index (χ2v) is 5.53. The standard InChI is InChI=1S/C16H21NO8/c1-8(19)23-12-6-13(25-15(14(12)20)16(21)22-2)24-11-4-3-9(7-18)5-10(11)17/h3-5,12-15,18,20H,6-7,17H2,1-2H3/t12-,13-,14+,15+/m1/s1. The van der Waals surface area contributed by atoms with E-state index in [9.17, 15) is 14.7 Å². The van der Waals surface area contributed by atoms with Crippen LogP contribution in [0.2, 0.25) is 0 Å². The highest BCUT2D eigenvalue weighted by atomic mass is 16.7. The molecule has 1 aliphatic heterocycles. The van der Waals surface area contributed by atoms with Crippen LogP contribution in [0.5, 0.6) is 5.75 Å². The van der Waals surface area contributed by atoms with Crippen LogP contribution in [0.3, 0.4) is 0 Å². The minimum atomic E-state index is -1.38.